The summed E-state index contributed by atoms with van der Waals surface area (Å²) in [6, 6.07) is 2.23. The Kier molecular flexibility index (Phi) is 1.66. The fourth-order valence-electron chi connectivity index (χ4n) is 1.21. The van der Waals surface area contributed by atoms with Gasteiger partial charge in [-0.1, -0.05) is 5.92 Å². The van der Waals surface area contributed by atoms with Gasteiger partial charge in [-0.25, -0.2) is 0 Å². The molecule has 1 fully saturated rings. The lowest BCUT2D eigenvalue weighted by molar-refractivity contribution is 0.0148. The van der Waals surface area contributed by atoms with E-state index in [0.717, 1.165) is 12.8 Å². The molecule has 0 amide bonds. The highest BCUT2D eigenvalue weighted by Crippen LogP contribution is 2.54. The number of terminal acetylenes is 1. The summed E-state index contributed by atoms with van der Waals surface area (Å²) in [5, 5.41) is 8.83. The van der Waals surface area contributed by atoms with Crippen LogP contribution >= 0.6 is 0 Å². The Morgan fingerprint density at radius 2 is 2.18 bits per heavy atom. The van der Waals surface area contributed by atoms with Gasteiger partial charge in [0.1, 0.15) is 5.60 Å². The zero-order chi connectivity index (χ0) is 8.54. The predicted molar refractivity (Wildman–Crippen MR) is 41.5 cm³/mol. The lowest BCUT2D eigenvalue weighted by atomic mass is 9.88. The van der Waals surface area contributed by atoms with Crippen molar-refractivity contribution in [2.75, 3.05) is 7.11 Å². The molecule has 2 nitrogen and oxygen atoms in total. The second kappa shape index (κ2) is 2.26. The molecule has 0 bridgehead atoms. The van der Waals surface area contributed by atoms with Crippen molar-refractivity contribution in [3.05, 3.63) is 0 Å². The summed E-state index contributed by atoms with van der Waals surface area (Å²) in [6.45, 7) is 1.79. The van der Waals surface area contributed by atoms with Crippen LogP contribution in [-0.2, 0) is 4.74 Å². The summed E-state index contributed by atoms with van der Waals surface area (Å²) < 4.78 is 5.15. The van der Waals surface area contributed by atoms with Crippen LogP contribution in [0.25, 0.3) is 0 Å². The van der Waals surface area contributed by atoms with E-state index in [4.69, 9.17) is 16.4 Å². The Morgan fingerprint density at radius 3 is 2.27 bits per heavy atom. The molecule has 0 radical (unpaired) electrons. The van der Waals surface area contributed by atoms with Gasteiger partial charge < -0.3 is 4.74 Å². The first-order valence-electron chi connectivity index (χ1n) is 3.58. The maximum absolute atomic E-state index is 8.83. The van der Waals surface area contributed by atoms with Gasteiger partial charge in [-0.05, 0) is 19.8 Å². The summed E-state index contributed by atoms with van der Waals surface area (Å²) in [7, 11) is 1.55. The van der Waals surface area contributed by atoms with Crippen molar-refractivity contribution in [2.45, 2.75) is 25.4 Å². The van der Waals surface area contributed by atoms with Crippen LogP contribution in [0.1, 0.15) is 19.8 Å². The molecule has 0 heterocycles. The van der Waals surface area contributed by atoms with E-state index in [9.17, 15) is 0 Å². The van der Waals surface area contributed by atoms with Gasteiger partial charge in [0.15, 0.2) is 0 Å². The largest absolute Gasteiger partial charge is 0.364 e. The van der Waals surface area contributed by atoms with E-state index < -0.39 is 11.0 Å². The number of nitrogens with zero attached hydrogens (tertiary/aromatic N) is 1. The van der Waals surface area contributed by atoms with Gasteiger partial charge in [-0.15, -0.1) is 6.42 Å². The van der Waals surface area contributed by atoms with Gasteiger partial charge in [0, 0.05) is 7.11 Å². The van der Waals surface area contributed by atoms with E-state index in [-0.39, 0.29) is 0 Å². The van der Waals surface area contributed by atoms with E-state index >= 15 is 0 Å². The first-order chi connectivity index (χ1) is 5.14. The molecule has 2 heteroatoms. The maximum Gasteiger partial charge on any atom is 0.143 e. The van der Waals surface area contributed by atoms with E-state index in [1.54, 1.807) is 14.0 Å². The molecule has 0 aromatic rings. The highest BCUT2D eigenvalue weighted by molar-refractivity contribution is 5.28. The van der Waals surface area contributed by atoms with Crippen LogP contribution in [0.5, 0.6) is 0 Å². The molecule has 11 heavy (non-hydrogen) atoms. The van der Waals surface area contributed by atoms with Crippen LogP contribution in [0.2, 0.25) is 0 Å². The summed E-state index contributed by atoms with van der Waals surface area (Å²) in [4.78, 5) is 0. The molecule has 0 unspecified atom stereocenters. The van der Waals surface area contributed by atoms with Crippen molar-refractivity contribution in [2.24, 2.45) is 5.41 Å². The van der Waals surface area contributed by atoms with Crippen LogP contribution in [0.3, 0.4) is 0 Å². The highest BCUT2D eigenvalue weighted by Gasteiger charge is 2.57. The quantitative estimate of drug-likeness (QED) is 0.555. The molecule has 1 rings (SSSR count). The molecule has 0 N–H and O–H groups in total. The Labute approximate surface area is 67.2 Å². The predicted octanol–water partition coefficient (Wildman–Crippen LogP) is 1.33. The Hall–Kier alpha value is -0.990. The Morgan fingerprint density at radius 1 is 1.64 bits per heavy atom. The van der Waals surface area contributed by atoms with Crippen molar-refractivity contribution >= 4 is 0 Å². The number of rotatable bonds is 2. The lowest BCUT2D eigenvalue weighted by Gasteiger charge is -2.26. The molecule has 0 aromatic carbocycles. The minimum absolute atomic E-state index is 0.406. The topological polar surface area (TPSA) is 33.0 Å². The van der Waals surface area contributed by atoms with Gasteiger partial charge in [0.25, 0.3) is 0 Å². The molecule has 1 atom stereocenters. The zero-order valence-electron chi connectivity index (χ0n) is 6.85. The summed E-state index contributed by atoms with van der Waals surface area (Å²) in [5.41, 5.74) is -1.10. The maximum atomic E-state index is 8.83. The summed E-state index contributed by atoms with van der Waals surface area (Å²) >= 11 is 0. The summed E-state index contributed by atoms with van der Waals surface area (Å²) in [6.07, 6.45) is 7.01. The molecule has 1 aliphatic carbocycles. The number of ether oxygens (including phenoxy) is 1. The average molecular weight is 149 g/mol. The minimum atomic E-state index is -0.693. The third kappa shape index (κ3) is 0.914. The average Bonchev–Trinajstić information content (AvgIpc) is 2.83. The minimum Gasteiger partial charge on any atom is -0.364 e. The SMILES string of the molecule is C#C[C@@](C)(OC)C1(C#N)CC1. The van der Waals surface area contributed by atoms with Crippen LogP contribution in [0.4, 0.5) is 0 Å². The first-order valence-corrected chi connectivity index (χ1v) is 3.58. The molecule has 1 saturated carbocycles. The number of hydrogen-bond acceptors (Lipinski definition) is 2. The fraction of sp³-hybridized carbons (Fsp3) is 0.667. The van der Waals surface area contributed by atoms with E-state index in [1.807, 2.05) is 0 Å². The third-order valence-electron chi connectivity index (χ3n) is 2.56. The third-order valence-corrected chi connectivity index (χ3v) is 2.56. The molecule has 0 spiro atoms. The molecule has 58 valence electrons. The summed E-state index contributed by atoms with van der Waals surface area (Å²) in [5.74, 6) is 2.54. The van der Waals surface area contributed by atoms with Crippen molar-refractivity contribution in [1.29, 1.82) is 5.26 Å². The standard InChI is InChI=1S/C9H11NO/c1-4-8(2,11-3)9(7-10)5-6-9/h1H,5-6H2,2-3H3/t8-/m1/s1. The first kappa shape index (κ1) is 8.11. The van der Waals surface area contributed by atoms with E-state index in [0.29, 0.717) is 0 Å². The molecule has 0 saturated heterocycles. The smallest absolute Gasteiger partial charge is 0.143 e. The van der Waals surface area contributed by atoms with Crippen molar-refractivity contribution in [3.63, 3.8) is 0 Å². The normalized spacial score (nSPS) is 24.4. The Bertz CT molecular complexity index is 241. The monoisotopic (exact) mass is 149 g/mol. The molecule has 1 aliphatic rings. The van der Waals surface area contributed by atoms with Crippen molar-refractivity contribution < 1.29 is 4.74 Å². The number of methoxy groups -OCH3 is 1. The molecular weight excluding hydrogens is 138 g/mol. The number of nitriles is 1. The van der Waals surface area contributed by atoms with Gasteiger partial charge in [-0.3, -0.25) is 0 Å². The van der Waals surface area contributed by atoms with Crippen molar-refractivity contribution in [3.8, 4) is 18.4 Å². The van der Waals surface area contributed by atoms with E-state index in [2.05, 4.69) is 12.0 Å². The lowest BCUT2D eigenvalue weighted by Crippen LogP contribution is -2.35. The van der Waals surface area contributed by atoms with Gasteiger partial charge >= 0.3 is 0 Å². The second-order valence-electron chi connectivity index (χ2n) is 3.08. The second-order valence-corrected chi connectivity index (χ2v) is 3.08. The van der Waals surface area contributed by atoms with Gasteiger partial charge in [0.2, 0.25) is 0 Å². The fourth-order valence-corrected chi connectivity index (χ4v) is 1.21. The van der Waals surface area contributed by atoms with Gasteiger partial charge in [0.05, 0.1) is 11.5 Å². The zero-order valence-corrected chi connectivity index (χ0v) is 6.85. The molecule has 0 aliphatic heterocycles. The van der Waals surface area contributed by atoms with Crippen LogP contribution < -0.4 is 0 Å². The van der Waals surface area contributed by atoms with E-state index in [1.165, 1.54) is 0 Å². The van der Waals surface area contributed by atoms with Crippen LogP contribution in [0, 0.1) is 29.1 Å². The van der Waals surface area contributed by atoms with Crippen LogP contribution in [0.15, 0.2) is 0 Å². The molecular formula is C9H11NO. The van der Waals surface area contributed by atoms with Crippen molar-refractivity contribution in [1.82, 2.24) is 0 Å². The molecule has 0 aromatic heterocycles. The highest BCUT2D eigenvalue weighted by atomic mass is 16.5. The number of hydrogen-bond donors (Lipinski definition) is 0. The van der Waals surface area contributed by atoms with Gasteiger partial charge in [-0.2, -0.15) is 5.26 Å². The Balaban J connectivity index is 2.90. The van der Waals surface area contributed by atoms with Crippen LogP contribution in [-0.4, -0.2) is 12.7 Å².